The maximum Gasteiger partial charge on any atom is 0.165 e. The van der Waals surface area contributed by atoms with Crippen LogP contribution in [-0.4, -0.2) is 41.0 Å². The molecule has 0 amide bonds. The first kappa shape index (κ1) is 18.5. The molecule has 1 aromatic carbocycles. The normalized spacial score (nSPS) is 15.4. The number of rotatable bonds is 4. The zero-order chi connectivity index (χ0) is 20.8. The number of nitrogens with one attached hydrogen (secondary N) is 1. The van der Waals surface area contributed by atoms with Gasteiger partial charge in [-0.25, -0.2) is 9.97 Å². The maximum absolute atomic E-state index is 5.04. The van der Waals surface area contributed by atoms with Crippen LogP contribution in [0.1, 0.15) is 44.9 Å². The van der Waals surface area contributed by atoms with E-state index in [9.17, 15) is 0 Å². The Morgan fingerprint density at radius 1 is 1.10 bits per heavy atom. The van der Waals surface area contributed by atoms with Gasteiger partial charge in [-0.05, 0) is 27.2 Å². The average molecular weight is 400 g/mol. The Morgan fingerprint density at radius 3 is 2.63 bits per heavy atom. The quantitative estimate of drug-likeness (QED) is 0.555. The van der Waals surface area contributed by atoms with E-state index in [-0.39, 0.29) is 12.1 Å². The fraction of sp³-hybridized carbons (Fsp3) is 0.318. The summed E-state index contributed by atoms with van der Waals surface area (Å²) in [4.78, 5) is 12.1. The molecule has 8 heteroatoms. The van der Waals surface area contributed by atoms with Crippen molar-refractivity contribution in [2.75, 3.05) is 4.90 Å². The summed E-state index contributed by atoms with van der Waals surface area (Å²) in [5, 5.41) is 16.2. The van der Waals surface area contributed by atoms with Crippen LogP contribution in [0.3, 0.4) is 0 Å². The molecule has 0 saturated heterocycles. The topological polar surface area (TPSA) is 88.4 Å². The first-order chi connectivity index (χ1) is 14.6. The zero-order valence-electron chi connectivity index (χ0n) is 17.5. The van der Waals surface area contributed by atoms with Gasteiger partial charge in [-0.3, -0.25) is 9.67 Å². The lowest BCUT2D eigenvalue weighted by molar-refractivity contribution is 0.496. The Balaban J connectivity index is 1.70. The van der Waals surface area contributed by atoms with Gasteiger partial charge in [-0.1, -0.05) is 37.3 Å². The number of fused-ring (bicyclic) bond motifs is 3. The molecule has 0 saturated carbocycles. The number of H-pyrrole nitrogens is 1. The fourth-order valence-corrected chi connectivity index (χ4v) is 4.27. The van der Waals surface area contributed by atoms with Gasteiger partial charge in [0.2, 0.25) is 0 Å². The highest BCUT2D eigenvalue weighted by molar-refractivity contribution is 5.78. The van der Waals surface area contributed by atoms with Crippen LogP contribution in [0.4, 0.5) is 5.82 Å². The molecular weight excluding hydrogens is 376 g/mol. The Morgan fingerprint density at radius 2 is 1.90 bits per heavy atom. The molecule has 1 aliphatic heterocycles. The molecule has 8 nitrogen and oxygen atoms in total. The molecule has 1 aliphatic rings. The Labute approximate surface area is 175 Å². The highest BCUT2D eigenvalue weighted by Gasteiger charge is 2.36. The third-order valence-electron chi connectivity index (χ3n) is 5.60. The highest BCUT2D eigenvalue weighted by Crippen LogP contribution is 2.41. The first-order valence-electron chi connectivity index (χ1n) is 10.3. The molecule has 152 valence electrons. The van der Waals surface area contributed by atoms with E-state index in [0.29, 0.717) is 5.82 Å². The van der Waals surface area contributed by atoms with Crippen LogP contribution < -0.4 is 4.90 Å². The van der Waals surface area contributed by atoms with Crippen molar-refractivity contribution in [3.63, 3.8) is 0 Å². The van der Waals surface area contributed by atoms with Crippen LogP contribution in [-0.2, 0) is 0 Å². The highest BCUT2D eigenvalue weighted by atomic mass is 15.4. The number of aromatic amines is 1. The Bertz CT molecular complexity index is 1190. The van der Waals surface area contributed by atoms with Crippen LogP contribution >= 0.6 is 0 Å². The third-order valence-corrected chi connectivity index (χ3v) is 5.60. The molecule has 1 atom stereocenters. The van der Waals surface area contributed by atoms with Crippen molar-refractivity contribution in [2.24, 2.45) is 0 Å². The lowest BCUT2D eigenvalue weighted by atomic mass is 10.1. The van der Waals surface area contributed by atoms with Crippen molar-refractivity contribution in [1.82, 2.24) is 34.9 Å². The number of benzene rings is 1. The van der Waals surface area contributed by atoms with E-state index in [1.54, 1.807) is 6.20 Å². The van der Waals surface area contributed by atoms with Crippen LogP contribution in [0.2, 0.25) is 0 Å². The predicted molar refractivity (Wildman–Crippen MR) is 115 cm³/mol. The number of aromatic nitrogens is 7. The predicted octanol–water partition coefficient (Wildman–Crippen LogP) is 4.10. The molecule has 1 N–H and O–H groups in total. The van der Waals surface area contributed by atoms with Crippen molar-refractivity contribution >= 4 is 5.82 Å². The minimum absolute atomic E-state index is 0.111. The lowest BCUT2D eigenvalue weighted by Crippen LogP contribution is -2.40. The van der Waals surface area contributed by atoms with Gasteiger partial charge < -0.3 is 4.90 Å². The number of hydrogen-bond donors (Lipinski definition) is 1. The summed E-state index contributed by atoms with van der Waals surface area (Å²) in [6, 6.07) is 10.5. The molecule has 0 fully saturated rings. The van der Waals surface area contributed by atoms with Gasteiger partial charge in [0.1, 0.15) is 11.5 Å². The van der Waals surface area contributed by atoms with Gasteiger partial charge in [0.15, 0.2) is 17.5 Å². The Hall–Kier alpha value is -3.55. The molecule has 4 heterocycles. The van der Waals surface area contributed by atoms with Gasteiger partial charge >= 0.3 is 0 Å². The average Bonchev–Trinajstić information content (AvgIpc) is 3.40. The van der Waals surface area contributed by atoms with Crippen LogP contribution in [0.15, 0.2) is 42.7 Å². The molecule has 0 bridgehead atoms. The monoisotopic (exact) mass is 400 g/mol. The SMILES string of the molecule is CC[C@@H]1c2nnc(C)n2-c2cnc(-c3cn[nH]c3-c3ccccc3)nc2N1C(C)C. The maximum atomic E-state index is 5.04. The van der Waals surface area contributed by atoms with Gasteiger partial charge in [-0.2, -0.15) is 5.10 Å². The van der Waals surface area contributed by atoms with Crippen LogP contribution in [0.25, 0.3) is 28.3 Å². The number of aryl methyl sites for hydroxylation is 1. The summed E-state index contributed by atoms with van der Waals surface area (Å²) in [6.45, 7) is 8.50. The summed E-state index contributed by atoms with van der Waals surface area (Å²) < 4.78 is 2.08. The van der Waals surface area contributed by atoms with E-state index >= 15 is 0 Å². The van der Waals surface area contributed by atoms with E-state index in [1.807, 2.05) is 31.3 Å². The molecule has 4 aromatic rings. The van der Waals surface area contributed by atoms with E-state index in [4.69, 9.17) is 9.97 Å². The molecule has 5 rings (SSSR count). The van der Waals surface area contributed by atoms with E-state index in [2.05, 4.69) is 62.8 Å². The molecule has 30 heavy (non-hydrogen) atoms. The second kappa shape index (κ2) is 7.05. The Kier molecular flexibility index (Phi) is 4.34. The summed E-state index contributed by atoms with van der Waals surface area (Å²) >= 11 is 0. The number of hydrogen-bond acceptors (Lipinski definition) is 6. The summed E-state index contributed by atoms with van der Waals surface area (Å²) in [6.07, 6.45) is 4.58. The molecule has 3 aromatic heterocycles. The van der Waals surface area contributed by atoms with Gasteiger partial charge in [0, 0.05) is 11.6 Å². The summed E-state index contributed by atoms with van der Waals surface area (Å²) in [5.41, 5.74) is 3.76. The van der Waals surface area contributed by atoms with Crippen molar-refractivity contribution in [1.29, 1.82) is 0 Å². The van der Waals surface area contributed by atoms with E-state index < -0.39 is 0 Å². The van der Waals surface area contributed by atoms with Gasteiger partial charge in [0.05, 0.1) is 29.7 Å². The largest absolute Gasteiger partial charge is 0.342 e. The molecule has 0 aliphatic carbocycles. The number of nitrogens with zero attached hydrogens (tertiary/aromatic N) is 7. The van der Waals surface area contributed by atoms with Gasteiger partial charge in [0.25, 0.3) is 0 Å². The zero-order valence-corrected chi connectivity index (χ0v) is 17.5. The van der Waals surface area contributed by atoms with Crippen LogP contribution in [0, 0.1) is 6.92 Å². The molecule has 0 radical (unpaired) electrons. The van der Waals surface area contributed by atoms with Crippen molar-refractivity contribution in [3.05, 3.63) is 54.4 Å². The summed E-state index contributed by atoms with van der Waals surface area (Å²) in [5.74, 6) is 3.34. The smallest absolute Gasteiger partial charge is 0.165 e. The van der Waals surface area contributed by atoms with Crippen LogP contribution in [0.5, 0.6) is 0 Å². The van der Waals surface area contributed by atoms with Crippen molar-refractivity contribution in [2.45, 2.75) is 46.2 Å². The van der Waals surface area contributed by atoms with Crippen molar-refractivity contribution in [3.8, 4) is 28.3 Å². The minimum atomic E-state index is 0.111. The minimum Gasteiger partial charge on any atom is -0.342 e. The van der Waals surface area contributed by atoms with E-state index in [0.717, 1.165) is 46.4 Å². The molecule has 0 unspecified atom stereocenters. The summed E-state index contributed by atoms with van der Waals surface area (Å²) in [7, 11) is 0. The lowest BCUT2D eigenvalue weighted by Gasteiger charge is -2.39. The van der Waals surface area contributed by atoms with Crippen molar-refractivity contribution < 1.29 is 0 Å². The molecule has 0 spiro atoms. The second-order valence-corrected chi connectivity index (χ2v) is 7.79. The van der Waals surface area contributed by atoms with Gasteiger partial charge in [-0.15, -0.1) is 10.2 Å². The molecular formula is C22H24N8. The fourth-order valence-electron chi connectivity index (χ4n) is 4.27. The van der Waals surface area contributed by atoms with E-state index in [1.165, 1.54) is 0 Å². The third kappa shape index (κ3) is 2.71. The first-order valence-corrected chi connectivity index (χ1v) is 10.3. The second-order valence-electron chi connectivity index (χ2n) is 7.79. The number of anilines is 1. The standard InChI is InChI=1S/C22H24N8/c1-5-17-22-28-26-14(4)30(22)18-12-23-20(25-21(18)29(17)13(2)3)16-11-24-27-19(16)15-9-7-6-8-10-15/h6-13,17H,5H2,1-4H3,(H,24,27)/t17-/m1/s1.